The number of nitrogens with one attached hydrogen (secondary N) is 3. The van der Waals surface area contributed by atoms with Crippen LogP contribution in [0.4, 0.5) is 10.5 Å². The molecule has 0 bridgehead atoms. The van der Waals surface area contributed by atoms with Crippen LogP contribution in [0.15, 0.2) is 41.8 Å². The molecule has 5 nitrogen and oxygen atoms in total. The van der Waals surface area contributed by atoms with Crippen molar-refractivity contribution < 1.29 is 9.59 Å². The first-order valence-corrected chi connectivity index (χ1v) is 7.97. The maximum atomic E-state index is 12.0. The summed E-state index contributed by atoms with van der Waals surface area (Å²) in [6.07, 6.45) is 0. The van der Waals surface area contributed by atoms with Gasteiger partial charge in [-0.05, 0) is 43.5 Å². The number of benzene rings is 1. The molecule has 3 amide bonds. The van der Waals surface area contributed by atoms with Gasteiger partial charge in [-0.1, -0.05) is 12.1 Å². The average molecular weight is 317 g/mol. The molecule has 0 saturated heterocycles. The second-order valence-corrected chi connectivity index (χ2v) is 5.76. The predicted molar refractivity (Wildman–Crippen MR) is 89.3 cm³/mol. The van der Waals surface area contributed by atoms with Crippen LogP contribution in [0.3, 0.4) is 0 Å². The summed E-state index contributed by atoms with van der Waals surface area (Å²) in [6.45, 7) is 4.35. The van der Waals surface area contributed by atoms with Gasteiger partial charge < -0.3 is 16.0 Å². The fourth-order valence-corrected chi connectivity index (χ4v) is 2.71. The minimum Gasteiger partial charge on any atom is -0.352 e. The summed E-state index contributed by atoms with van der Waals surface area (Å²) in [5.74, 6) is -0.154. The van der Waals surface area contributed by atoms with E-state index in [4.69, 9.17) is 0 Å². The van der Waals surface area contributed by atoms with Gasteiger partial charge in [-0.25, -0.2) is 4.79 Å². The molecule has 116 valence electrons. The van der Waals surface area contributed by atoms with Crippen molar-refractivity contribution in [2.45, 2.75) is 19.9 Å². The Bertz CT molecular complexity index is 641. The van der Waals surface area contributed by atoms with Crippen LogP contribution in [-0.2, 0) is 0 Å². The van der Waals surface area contributed by atoms with E-state index in [-0.39, 0.29) is 18.0 Å². The lowest BCUT2D eigenvalue weighted by atomic mass is 10.2. The monoisotopic (exact) mass is 317 g/mol. The number of anilines is 1. The van der Waals surface area contributed by atoms with E-state index in [1.54, 1.807) is 35.6 Å². The van der Waals surface area contributed by atoms with E-state index in [0.29, 0.717) is 17.8 Å². The molecule has 0 radical (unpaired) electrons. The van der Waals surface area contributed by atoms with Crippen molar-refractivity contribution in [3.05, 3.63) is 52.2 Å². The number of rotatable bonds is 5. The Balaban J connectivity index is 1.96. The number of thiophene rings is 1. The predicted octanol–water partition coefficient (Wildman–Crippen LogP) is 3.38. The van der Waals surface area contributed by atoms with E-state index < -0.39 is 0 Å². The third-order valence-corrected chi connectivity index (χ3v) is 4.09. The molecule has 0 saturated carbocycles. The minimum absolute atomic E-state index is 0.0634. The molecule has 3 N–H and O–H groups in total. The fourth-order valence-electron chi connectivity index (χ4n) is 1.97. The smallest absolute Gasteiger partial charge is 0.319 e. The zero-order chi connectivity index (χ0) is 15.9. The first kappa shape index (κ1) is 16.0. The third-order valence-electron chi connectivity index (χ3n) is 3.04. The van der Waals surface area contributed by atoms with Gasteiger partial charge in [0.2, 0.25) is 0 Å². The van der Waals surface area contributed by atoms with Crippen LogP contribution in [-0.4, -0.2) is 18.5 Å². The summed E-state index contributed by atoms with van der Waals surface area (Å²) in [5, 5.41) is 10.3. The topological polar surface area (TPSA) is 70.2 Å². The second-order valence-electron chi connectivity index (χ2n) is 4.78. The van der Waals surface area contributed by atoms with Crippen LogP contribution >= 0.6 is 11.3 Å². The van der Waals surface area contributed by atoms with Crippen molar-refractivity contribution in [1.29, 1.82) is 0 Å². The highest BCUT2D eigenvalue weighted by Gasteiger charge is 2.11. The van der Waals surface area contributed by atoms with Gasteiger partial charge in [-0.3, -0.25) is 4.79 Å². The average Bonchev–Trinajstić information content (AvgIpc) is 3.02. The van der Waals surface area contributed by atoms with Crippen molar-refractivity contribution in [2.24, 2.45) is 0 Å². The maximum Gasteiger partial charge on any atom is 0.319 e. The standard InChI is InChI=1S/C16H19N3O2S/c1-3-17-15(20)12-6-4-7-13(10-12)19-16(21)18-11(2)14-8-5-9-22-14/h4-11H,3H2,1-2H3,(H,17,20)(H2,18,19,21)/t11-/m1/s1. The van der Waals surface area contributed by atoms with E-state index in [1.165, 1.54) is 0 Å². The number of hydrogen-bond acceptors (Lipinski definition) is 3. The Morgan fingerprint density at radius 3 is 2.73 bits per heavy atom. The minimum atomic E-state index is -0.297. The number of hydrogen-bond donors (Lipinski definition) is 3. The van der Waals surface area contributed by atoms with E-state index in [0.717, 1.165) is 4.88 Å². The van der Waals surface area contributed by atoms with Gasteiger partial charge in [-0.15, -0.1) is 11.3 Å². The molecule has 0 fully saturated rings. The highest BCUT2D eigenvalue weighted by Crippen LogP contribution is 2.18. The van der Waals surface area contributed by atoms with Gasteiger partial charge in [0.25, 0.3) is 5.91 Å². The van der Waals surface area contributed by atoms with Gasteiger partial charge in [0.1, 0.15) is 0 Å². The lowest BCUT2D eigenvalue weighted by Crippen LogP contribution is -2.31. The number of carbonyl (C=O) groups excluding carboxylic acids is 2. The molecule has 0 aliphatic carbocycles. The summed E-state index contributed by atoms with van der Waals surface area (Å²) in [6, 6.07) is 10.4. The van der Waals surface area contributed by atoms with Crippen LogP contribution in [0.2, 0.25) is 0 Å². The Morgan fingerprint density at radius 2 is 2.05 bits per heavy atom. The normalized spacial score (nSPS) is 11.5. The van der Waals surface area contributed by atoms with Crippen molar-refractivity contribution >= 4 is 29.0 Å². The van der Waals surface area contributed by atoms with Crippen molar-refractivity contribution in [3.63, 3.8) is 0 Å². The molecular formula is C16H19N3O2S. The van der Waals surface area contributed by atoms with Crippen LogP contribution < -0.4 is 16.0 Å². The number of amides is 3. The Hall–Kier alpha value is -2.34. The van der Waals surface area contributed by atoms with Gasteiger partial charge in [0, 0.05) is 22.7 Å². The highest BCUT2D eigenvalue weighted by atomic mass is 32.1. The van der Waals surface area contributed by atoms with E-state index in [2.05, 4.69) is 16.0 Å². The molecule has 1 aromatic carbocycles. The molecule has 1 heterocycles. The van der Waals surface area contributed by atoms with E-state index in [1.807, 2.05) is 31.4 Å². The van der Waals surface area contributed by atoms with Crippen LogP contribution in [0.25, 0.3) is 0 Å². The summed E-state index contributed by atoms with van der Waals surface area (Å²) in [7, 11) is 0. The first-order chi connectivity index (χ1) is 10.6. The Labute approximate surface area is 133 Å². The summed E-state index contributed by atoms with van der Waals surface area (Å²) in [4.78, 5) is 24.9. The second kappa shape index (κ2) is 7.61. The lowest BCUT2D eigenvalue weighted by molar-refractivity contribution is 0.0956. The first-order valence-electron chi connectivity index (χ1n) is 7.09. The maximum absolute atomic E-state index is 12.0. The van der Waals surface area contributed by atoms with E-state index in [9.17, 15) is 9.59 Å². The van der Waals surface area contributed by atoms with Gasteiger partial charge in [0.15, 0.2) is 0 Å². The summed E-state index contributed by atoms with van der Waals surface area (Å²) in [5.41, 5.74) is 1.10. The zero-order valence-corrected chi connectivity index (χ0v) is 13.4. The SMILES string of the molecule is CCNC(=O)c1cccc(NC(=O)N[C@H](C)c2cccs2)c1. The summed E-state index contributed by atoms with van der Waals surface area (Å²) >= 11 is 1.60. The molecular weight excluding hydrogens is 298 g/mol. The molecule has 1 aromatic heterocycles. The third kappa shape index (κ3) is 4.33. The Morgan fingerprint density at radius 1 is 1.23 bits per heavy atom. The fraction of sp³-hybridized carbons (Fsp3) is 0.250. The van der Waals surface area contributed by atoms with Gasteiger partial charge >= 0.3 is 6.03 Å². The van der Waals surface area contributed by atoms with Crippen LogP contribution in [0.5, 0.6) is 0 Å². The zero-order valence-electron chi connectivity index (χ0n) is 12.6. The summed E-state index contributed by atoms with van der Waals surface area (Å²) < 4.78 is 0. The van der Waals surface area contributed by atoms with Gasteiger partial charge in [0.05, 0.1) is 6.04 Å². The number of carbonyl (C=O) groups is 2. The molecule has 0 aliphatic heterocycles. The molecule has 2 rings (SSSR count). The van der Waals surface area contributed by atoms with Crippen LogP contribution in [0.1, 0.15) is 35.1 Å². The molecule has 0 unspecified atom stereocenters. The molecule has 2 aromatic rings. The van der Waals surface area contributed by atoms with Crippen molar-refractivity contribution in [3.8, 4) is 0 Å². The lowest BCUT2D eigenvalue weighted by Gasteiger charge is -2.13. The molecule has 1 atom stereocenters. The van der Waals surface area contributed by atoms with Gasteiger partial charge in [-0.2, -0.15) is 0 Å². The number of urea groups is 1. The Kier molecular flexibility index (Phi) is 5.55. The van der Waals surface area contributed by atoms with Crippen molar-refractivity contribution in [1.82, 2.24) is 10.6 Å². The molecule has 6 heteroatoms. The van der Waals surface area contributed by atoms with Crippen LogP contribution in [0, 0.1) is 0 Å². The molecule has 22 heavy (non-hydrogen) atoms. The molecule has 0 spiro atoms. The molecule has 0 aliphatic rings. The largest absolute Gasteiger partial charge is 0.352 e. The van der Waals surface area contributed by atoms with E-state index >= 15 is 0 Å². The van der Waals surface area contributed by atoms with Crippen molar-refractivity contribution in [2.75, 3.05) is 11.9 Å². The highest BCUT2D eigenvalue weighted by molar-refractivity contribution is 7.10. The quantitative estimate of drug-likeness (QED) is 0.791.